The quantitative estimate of drug-likeness (QED) is 0.560. The van der Waals surface area contributed by atoms with Gasteiger partial charge in [-0.25, -0.2) is 0 Å². The van der Waals surface area contributed by atoms with Crippen LogP contribution in [0.15, 0.2) is 0 Å². The summed E-state index contributed by atoms with van der Waals surface area (Å²) in [5.41, 5.74) is 0. The molecule has 2 atom stereocenters. The van der Waals surface area contributed by atoms with Crippen molar-refractivity contribution < 1.29 is 4.74 Å². The molecule has 0 aromatic heterocycles. The van der Waals surface area contributed by atoms with Crippen molar-refractivity contribution in [3.63, 3.8) is 0 Å². The van der Waals surface area contributed by atoms with Crippen molar-refractivity contribution in [3.8, 4) is 0 Å². The van der Waals surface area contributed by atoms with Gasteiger partial charge in [0, 0.05) is 13.2 Å². The number of hydrogen-bond donors (Lipinski definition) is 1. The maximum Gasteiger partial charge on any atom is 0.0613 e. The topological polar surface area (TPSA) is 21.3 Å². The summed E-state index contributed by atoms with van der Waals surface area (Å²) in [4.78, 5) is 0. The highest BCUT2D eigenvalue weighted by Crippen LogP contribution is 2.22. The molecule has 0 bridgehead atoms. The number of ether oxygens (including phenoxy) is 1. The van der Waals surface area contributed by atoms with Crippen LogP contribution >= 0.6 is 0 Å². The fraction of sp³-hybridized carbons (Fsp3) is 1.00. The van der Waals surface area contributed by atoms with Gasteiger partial charge in [0.15, 0.2) is 0 Å². The Balaban J connectivity index is 1.83. The first-order chi connectivity index (χ1) is 8.88. The van der Waals surface area contributed by atoms with Crippen LogP contribution in [0.5, 0.6) is 0 Å². The molecule has 0 radical (unpaired) electrons. The SMILES string of the molecule is CCCCCCCCCNCC1CCOC1CC. The van der Waals surface area contributed by atoms with Gasteiger partial charge >= 0.3 is 0 Å². The predicted octanol–water partition coefficient (Wildman–Crippen LogP) is 4.14. The van der Waals surface area contributed by atoms with Crippen LogP contribution in [0.2, 0.25) is 0 Å². The Morgan fingerprint density at radius 3 is 2.44 bits per heavy atom. The maximum absolute atomic E-state index is 5.71. The first-order valence-electron chi connectivity index (χ1n) is 8.20. The largest absolute Gasteiger partial charge is 0.378 e. The molecular formula is C16H33NO. The number of unbranched alkanes of at least 4 members (excludes halogenated alkanes) is 6. The first kappa shape index (κ1) is 16.0. The molecule has 1 aliphatic rings. The summed E-state index contributed by atoms with van der Waals surface area (Å²) in [5, 5.41) is 3.61. The average Bonchev–Trinajstić information content (AvgIpc) is 2.84. The third-order valence-electron chi connectivity index (χ3n) is 4.11. The monoisotopic (exact) mass is 255 g/mol. The van der Waals surface area contributed by atoms with Crippen LogP contribution in [-0.2, 0) is 4.74 Å². The highest BCUT2D eigenvalue weighted by Gasteiger charge is 2.25. The Morgan fingerprint density at radius 2 is 1.72 bits per heavy atom. The van der Waals surface area contributed by atoms with Crippen LogP contribution in [0.25, 0.3) is 0 Å². The second-order valence-corrected chi connectivity index (χ2v) is 5.69. The summed E-state index contributed by atoms with van der Waals surface area (Å²) in [5.74, 6) is 0.763. The molecule has 108 valence electrons. The highest BCUT2D eigenvalue weighted by atomic mass is 16.5. The molecule has 2 nitrogen and oxygen atoms in total. The van der Waals surface area contributed by atoms with E-state index in [-0.39, 0.29) is 0 Å². The molecule has 2 unspecified atom stereocenters. The molecule has 0 aromatic carbocycles. The summed E-state index contributed by atoms with van der Waals surface area (Å²) in [6.07, 6.45) is 12.7. The summed E-state index contributed by atoms with van der Waals surface area (Å²) in [6, 6.07) is 0. The van der Waals surface area contributed by atoms with Gasteiger partial charge in [0.05, 0.1) is 6.10 Å². The van der Waals surface area contributed by atoms with E-state index in [1.807, 2.05) is 0 Å². The third kappa shape index (κ3) is 6.75. The Kier molecular flexibility index (Phi) is 9.59. The minimum atomic E-state index is 0.520. The molecule has 0 saturated carbocycles. The lowest BCUT2D eigenvalue weighted by atomic mass is 9.99. The molecule has 0 amide bonds. The third-order valence-corrected chi connectivity index (χ3v) is 4.11. The van der Waals surface area contributed by atoms with Crippen LogP contribution in [0, 0.1) is 5.92 Å². The summed E-state index contributed by atoms with van der Waals surface area (Å²) < 4.78 is 5.71. The number of hydrogen-bond acceptors (Lipinski definition) is 2. The average molecular weight is 255 g/mol. The summed E-state index contributed by atoms with van der Waals surface area (Å²) in [6.45, 7) is 7.84. The summed E-state index contributed by atoms with van der Waals surface area (Å²) in [7, 11) is 0. The van der Waals surface area contributed by atoms with Crippen molar-refractivity contribution in [2.45, 2.75) is 77.7 Å². The van der Waals surface area contributed by atoms with Crippen molar-refractivity contribution in [1.29, 1.82) is 0 Å². The van der Waals surface area contributed by atoms with Crippen molar-refractivity contribution in [2.75, 3.05) is 19.7 Å². The lowest BCUT2D eigenvalue weighted by molar-refractivity contribution is 0.0873. The molecular weight excluding hydrogens is 222 g/mol. The van der Waals surface area contributed by atoms with E-state index in [9.17, 15) is 0 Å². The van der Waals surface area contributed by atoms with Gasteiger partial charge < -0.3 is 10.1 Å². The van der Waals surface area contributed by atoms with Crippen molar-refractivity contribution in [1.82, 2.24) is 5.32 Å². The van der Waals surface area contributed by atoms with Gasteiger partial charge in [0.25, 0.3) is 0 Å². The molecule has 0 aromatic rings. The van der Waals surface area contributed by atoms with Gasteiger partial charge in [0.2, 0.25) is 0 Å². The van der Waals surface area contributed by atoms with E-state index < -0.39 is 0 Å². The van der Waals surface area contributed by atoms with Crippen LogP contribution < -0.4 is 5.32 Å². The van der Waals surface area contributed by atoms with E-state index in [1.165, 1.54) is 64.3 Å². The zero-order valence-corrected chi connectivity index (χ0v) is 12.5. The van der Waals surface area contributed by atoms with Crippen LogP contribution in [0.1, 0.15) is 71.6 Å². The lowest BCUT2D eigenvalue weighted by Crippen LogP contribution is -2.28. The molecule has 18 heavy (non-hydrogen) atoms. The fourth-order valence-corrected chi connectivity index (χ4v) is 2.87. The number of rotatable bonds is 11. The Labute approximate surface area is 114 Å². The van der Waals surface area contributed by atoms with Crippen molar-refractivity contribution in [3.05, 3.63) is 0 Å². The van der Waals surface area contributed by atoms with E-state index in [0.29, 0.717) is 6.10 Å². The first-order valence-corrected chi connectivity index (χ1v) is 8.20. The minimum absolute atomic E-state index is 0.520. The van der Waals surface area contributed by atoms with Gasteiger partial charge in [0.1, 0.15) is 0 Å². The van der Waals surface area contributed by atoms with Crippen molar-refractivity contribution >= 4 is 0 Å². The van der Waals surface area contributed by atoms with Gasteiger partial charge in [-0.15, -0.1) is 0 Å². The molecule has 1 rings (SSSR count). The Morgan fingerprint density at radius 1 is 1.00 bits per heavy atom. The molecule has 1 saturated heterocycles. The Bertz CT molecular complexity index is 184. The highest BCUT2D eigenvalue weighted by molar-refractivity contribution is 4.76. The smallest absolute Gasteiger partial charge is 0.0613 e. The van der Waals surface area contributed by atoms with E-state index in [0.717, 1.165) is 19.1 Å². The lowest BCUT2D eigenvalue weighted by Gasteiger charge is -2.17. The molecule has 0 spiro atoms. The summed E-state index contributed by atoms with van der Waals surface area (Å²) >= 11 is 0. The maximum atomic E-state index is 5.71. The van der Waals surface area contributed by atoms with E-state index in [4.69, 9.17) is 4.74 Å². The van der Waals surface area contributed by atoms with Crippen LogP contribution in [0.3, 0.4) is 0 Å². The van der Waals surface area contributed by atoms with E-state index in [1.54, 1.807) is 0 Å². The molecule has 2 heteroatoms. The van der Waals surface area contributed by atoms with Gasteiger partial charge in [-0.1, -0.05) is 52.4 Å². The van der Waals surface area contributed by atoms with Gasteiger partial charge in [-0.2, -0.15) is 0 Å². The predicted molar refractivity (Wildman–Crippen MR) is 79.0 cm³/mol. The molecule has 1 fully saturated rings. The Hall–Kier alpha value is -0.0800. The number of nitrogens with one attached hydrogen (secondary N) is 1. The zero-order valence-electron chi connectivity index (χ0n) is 12.5. The molecule has 1 aliphatic heterocycles. The standard InChI is InChI=1S/C16H33NO/c1-3-5-6-7-8-9-10-12-17-14-15-11-13-18-16(15)4-2/h15-17H,3-14H2,1-2H3. The van der Waals surface area contributed by atoms with Gasteiger partial charge in [-0.3, -0.25) is 0 Å². The van der Waals surface area contributed by atoms with E-state index in [2.05, 4.69) is 19.2 Å². The van der Waals surface area contributed by atoms with Crippen LogP contribution in [-0.4, -0.2) is 25.8 Å². The normalized spacial score (nSPS) is 23.7. The zero-order chi connectivity index (χ0) is 13.1. The fourth-order valence-electron chi connectivity index (χ4n) is 2.87. The molecule has 1 N–H and O–H groups in total. The van der Waals surface area contributed by atoms with E-state index >= 15 is 0 Å². The second kappa shape index (κ2) is 10.8. The van der Waals surface area contributed by atoms with Gasteiger partial charge in [-0.05, 0) is 31.7 Å². The molecule has 1 heterocycles. The second-order valence-electron chi connectivity index (χ2n) is 5.69. The molecule has 0 aliphatic carbocycles. The minimum Gasteiger partial charge on any atom is -0.378 e. The van der Waals surface area contributed by atoms with Crippen molar-refractivity contribution in [2.24, 2.45) is 5.92 Å². The van der Waals surface area contributed by atoms with Crippen LogP contribution in [0.4, 0.5) is 0 Å².